The molecular formula is C22H19FN2O3S. The number of anilines is 2. The van der Waals surface area contributed by atoms with E-state index in [0.717, 1.165) is 16.7 Å². The molecule has 2 N–H and O–H groups in total. The summed E-state index contributed by atoms with van der Waals surface area (Å²) < 4.78 is 18.9. The summed E-state index contributed by atoms with van der Waals surface area (Å²) in [4.78, 5) is 25.6. The van der Waals surface area contributed by atoms with Crippen LogP contribution in [-0.2, 0) is 4.79 Å². The molecule has 148 valence electrons. The van der Waals surface area contributed by atoms with Gasteiger partial charge in [0.15, 0.2) is 0 Å². The van der Waals surface area contributed by atoms with Gasteiger partial charge in [0.1, 0.15) is 11.6 Å². The minimum absolute atomic E-state index is 0.143. The Morgan fingerprint density at radius 1 is 1.24 bits per heavy atom. The van der Waals surface area contributed by atoms with E-state index in [1.54, 1.807) is 37.4 Å². The standard InChI is InChI=1S/C22H19FN2O3S/c1-12-19-17(13-4-3-5-14(23)10-13)11-18(26)25-22(19)29-20(12)21(27)24-15-6-8-16(28-2)9-7-15/h3-10,17H,11H2,1-2H3,(H,24,27)(H,25,26). The van der Waals surface area contributed by atoms with Crippen molar-refractivity contribution in [1.82, 2.24) is 0 Å². The van der Waals surface area contributed by atoms with Crippen LogP contribution in [0.1, 0.15) is 38.7 Å². The molecule has 1 aromatic heterocycles. The number of nitrogens with one attached hydrogen (secondary N) is 2. The van der Waals surface area contributed by atoms with Gasteiger partial charge in [-0.3, -0.25) is 9.59 Å². The second kappa shape index (κ2) is 7.67. The molecule has 0 saturated carbocycles. The highest BCUT2D eigenvalue weighted by atomic mass is 32.1. The predicted octanol–water partition coefficient (Wildman–Crippen LogP) is 4.93. The minimum atomic E-state index is -0.347. The molecule has 4 rings (SSSR count). The number of amides is 2. The maximum Gasteiger partial charge on any atom is 0.266 e. The Morgan fingerprint density at radius 2 is 2.00 bits per heavy atom. The number of thiophene rings is 1. The van der Waals surface area contributed by atoms with Crippen LogP contribution in [0.3, 0.4) is 0 Å². The van der Waals surface area contributed by atoms with E-state index in [2.05, 4.69) is 10.6 Å². The Bertz CT molecular complexity index is 1090. The average Bonchev–Trinajstić information content (AvgIpc) is 3.04. The zero-order valence-electron chi connectivity index (χ0n) is 15.9. The van der Waals surface area contributed by atoms with Crippen molar-refractivity contribution in [3.8, 4) is 5.75 Å². The third-order valence-corrected chi connectivity index (χ3v) is 6.21. The Balaban J connectivity index is 1.67. The summed E-state index contributed by atoms with van der Waals surface area (Å²) in [5.74, 6) is -0.325. The average molecular weight is 410 g/mol. The molecule has 0 saturated heterocycles. The first-order chi connectivity index (χ1) is 14.0. The summed E-state index contributed by atoms with van der Waals surface area (Å²) in [6.45, 7) is 1.86. The van der Waals surface area contributed by atoms with Gasteiger partial charge < -0.3 is 15.4 Å². The van der Waals surface area contributed by atoms with Gasteiger partial charge in [-0.15, -0.1) is 11.3 Å². The first-order valence-corrected chi connectivity index (χ1v) is 9.92. The van der Waals surface area contributed by atoms with Gasteiger partial charge in [0.25, 0.3) is 5.91 Å². The van der Waals surface area contributed by atoms with Gasteiger partial charge in [-0.05, 0) is 60.0 Å². The molecule has 0 fully saturated rings. The number of hydrogen-bond acceptors (Lipinski definition) is 4. The topological polar surface area (TPSA) is 67.4 Å². The number of rotatable bonds is 4. The van der Waals surface area contributed by atoms with Gasteiger partial charge in [-0.25, -0.2) is 4.39 Å². The number of benzene rings is 2. The van der Waals surface area contributed by atoms with Crippen LogP contribution in [0.4, 0.5) is 15.1 Å². The van der Waals surface area contributed by atoms with E-state index in [-0.39, 0.29) is 30.0 Å². The van der Waals surface area contributed by atoms with E-state index in [1.807, 2.05) is 13.0 Å². The van der Waals surface area contributed by atoms with Crippen LogP contribution >= 0.6 is 11.3 Å². The molecule has 0 bridgehead atoms. The summed E-state index contributed by atoms with van der Waals surface area (Å²) in [5.41, 5.74) is 3.04. The van der Waals surface area contributed by atoms with Crippen LogP contribution in [0.15, 0.2) is 48.5 Å². The molecule has 0 radical (unpaired) electrons. The lowest BCUT2D eigenvalue weighted by molar-refractivity contribution is -0.116. The zero-order chi connectivity index (χ0) is 20.5. The molecule has 7 heteroatoms. The maximum atomic E-state index is 13.8. The number of halogens is 1. The number of methoxy groups -OCH3 is 1. The van der Waals surface area contributed by atoms with E-state index in [9.17, 15) is 14.0 Å². The van der Waals surface area contributed by atoms with Crippen molar-refractivity contribution >= 4 is 33.8 Å². The SMILES string of the molecule is COc1ccc(NC(=O)c2sc3c(c2C)C(c2cccc(F)c2)CC(=O)N3)cc1. The third-order valence-electron chi connectivity index (χ3n) is 4.99. The Kier molecular flexibility index (Phi) is 5.07. The van der Waals surface area contributed by atoms with E-state index in [1.165, 1.54) is 23.5 Å². The molecule has 1 atom stereocenters. The largest absolute Gasteiger partial charge is 0.497 e. The molecule has 2 heterocycles. The van der Waals surface area contributed by atoms with Gasteiger partial charge in [-0.2, -0.15) is 0 Å². The monoisotopic (exact) mass is 410 g/mol. The summed E-state index contributed by atoms with van der Waals surface area (Å²) in [6, 6.07) is 13.3. The second-order valence-corrected chi connectivity index (χ2v) is 7.86. The van der Waals surface area contributed by atoms with Crippen molar-refractivity contribution in [3.63, 3.8) is 0 Å². The van der Waals surface area contributed by atoms with Crippen LogP contribution in [0.25, 0.3) is 0 Å². The summed E-state index contributed by atoms with van der Waals surface area (Å²) in [5, 5.41) is 6.38. The number of carbonyl (C=O) groups excluding carboxylic acids is 2. The van der Waals surface area contributed by atoms with Crippen LogP contribution in [0, 0.1) is 12.7 Å². The molecule has 1 aliphatic heterocycles. The fourth-order valence-corrected chi connectivity index (χ4v) is 4.77. The number of carbonyl (C=O) groups is 2. The third kappa shape index (κ3) is 3.73. The summed E-state index contributed by atoms with van der Waals surface area (Å²) in [6.07, 6.45) is 0.216. The fraction of sp³-hybridized carbons (Fsp3) is 0.182. The first kappa shape index (κ1) is 19.1. The number of ether oxygens (including phenoxy) is 1. The van der Waals surface area contributed by atoms with Crippen molar-refractivity contribution in [2.75, 3.05) is 17.7 Å². The minimum Gasteiger partial charge on any atom is -0.497 e. The van der Waals surface area contributed by atoms with Crippen molar-refractivity contribution in [2.45, 2.75) is 19.3 Å². The van der Waals surface area contributed by atoms with Crippen molar-refractivity contribution < 1.29 is 18.7 Å². The molecule has 0 aliphatic carbocycles. The molecule has 5 nitrogen and oxygen atoms in total. The van der Waals surface area contributed by atoms with E-state index >= 15 is 0 Å². The van der Waals surface area contributed by atoms with Crippen molar-refractivity contribution in [3.05, 3.63) is 75.9 Å². The van der Waals surface area contributed by atoms with Crippen LogP contribution in [0.2, 0.25) is 0 Å². The van der Waals surface area contributed by atoms with Crippen molar-refractivity contribution in [2.24, 2.45) is 0 Å². The molecule has 1 aliphatic rings. The molecule has 2 aromatic carbocycles. The number of fused-ring (bicyclic) bond motifs is 1. The van der Waals surface area contributed by atoms with Gasteiger partial charge in [0.05, 0.1) is 17.0 Å². The Labute approximate surface area is 171 Å². The molecule has 1 unspecified atom stereocenters. The van der Waals surface area contributed by atoms with E-state index in [4.69, 9.17) is 4.74 Å². The van der Waals surface area contributed by atoms with Crippen molar-refractivity contribution in [1.29, 1.82) is 0 Å². The summed E-state index contributed by atoms with van der Waals surface area (Å²) in [7, 11) is 1.58. The highest BCUT2D eigenvalue weighted by molar-refractivity contribution is 7.18. The van der Waals surface area contributed by atoms with Crippen LogP contribution in [0.5, 0.6) is 5.75 Å². The first-order valence-electron chi connectivity index (χ1n) is 9.10. The quantitative estimate of drug-likeness (QED) is 0.641. The van der Waals surface area contributed by atoms with Crippen LogP contribution in [-0.4, -0.2) is 18.9 Å². The molecule has 3 aromatic rings. The fourth-order valence-electron chi connectivity index (χ4n) is 3.59. The summed E-state index contributed by atoms with van der Waals surface area (Å²) >= 11 is 1.24. The maximum absolute atomic E-state index is 13.8. The van der Waals surface area contributed by atoms with Gasteiger partial charge in [-0.1, -0.05) is 12.1 Å². The Hall–Kier alpha value is -3.19. The lowest BCUT2D eigenvalue weighted by atomic mass is 9.85. The molecule has 29 heavy (non-hydrogen) atoms. The van der Waals surface area contributed by atoms with E-state index in [0.29, 0.717) is 21.3 Å². The van der Waals surface area contributed by atoms with Gasteiger partial charge in [0.2, 0.25) is 5.91 Å². The molecule has 2 amide bonds. The second-order valence-electron chi connectivity index (χ2n) is 6.84. The lowest BCUT2D eigenvalue weighted by Crippen LogP contribution is -2.22. The predicted molar refractivity (Wildman–Crippen MR) is 111 cm³/mol. The molecular weight excluding hydrogens is 391 g/mol. The van der Waals surface area contributed by atoms with Gasteiger partial charge in [0, 0.05) is 18.0 Å². The smallest absolute Gasteiger partial charge is 0.266 e. The normalized spacial score (nSPS) is 15.4. The van der Waals surface area contributed by atoms with E-state index < -0.39 is 0 Å². The lowest BCUT2D eigenvalue weighted by Gasteiger charge is -2.24. The Morgan fingerprint density at radius 3 is 2.69 bits per heavy atom. The van der Waals surface area contributed by atoms with Crippen LogP contribution < -0.4 is 15.4 Å². The highest BCUT2D eigenvalue weighted by Gasteiger charge is 2.33. The molecule has 0 spiro atoms. The highest BCUT2D eigenvalue weighted by Crippen LogP contribution is 2.45. The zero-order valence-corrected chi connectivity index (χ0v) is 16.7. The number of hydrogen-bond donors (Lipinski definition) is 2. The van der Waals surface area contributed by atoms with Gasteiger partial charge >= 0.3 is 0 Å².